The summed E-state index contributed by atoms with van der Waals surface area (Å²) in [5.74, 6) is 0.571. The monoisotopic (exact) mass is 396 g/mol. The normalized spacial score (nSPS) is 29.2. The zero-order valence-corrected chi connectivity index (χ0v) is 17.8. The summed E-state index contributed by atoms with van der Waals surface area (Å²) in [6.07, 6.45) is 7.07. The Morgan fingerprint density at radius 1 is 1.37 bits per heavy atom. The molecule has 2 fully saturated rings. The molecule has 0 aliphatic heterocycles. The summed E-state index contributed by atoms with van der Waals surface area (Å²) in [4.78, 5) is 17.3. The fraction of sp³-hybridized carbons (Fsp3) is 0.789. The predicted octanol–water partition coefficient (Wildman–Crippen LogP) is 2.08. The molecule has 1 aromatic heterocycles. The van der Waals surface area contributed by atoms with Gasteiger partial charge < -0.3 is 9.88 Å². The molecule has 3 atom stereocenters. The highest BCUT2D eigenvalue weighted by Crippen LogP contribution is 2.62. The average molecular weight is 397 g/mol. The third-order valence-corrected chi connectivity index (χ3v) is 7.53. The Bertz CT molecular complexity index is 825. The van der Waals surface area contributed by atoms with Gasteiger partial charge in [0.15, 0.2) is 0 Å². The predicted molar refractivity (Wildman–Crippen MR) is 105 cm³/mol. The van der Waals surface area contributed by atoms with Gasteiger partial charge in [0.05, 0.1) is 12.6 Å². The van der Waals surface area contributed by atoms with Crippen molar-refractivity contribution in [3.63, 3.8) is 0 Å². The summed E-state index contributed by atoms with van der Waals surface area (Å²) in [5.41, 5.74) is 1.57. The number of aromatic nitrogens is 2. The number of nitrogens with zero attached hydrogens (tertiary/aromatic N) is 2. The molecular formula is C19H32N4O3S. The molecule has 2 saturated carbocycles. The Hall–Kier alpha value is -1.41. The number of aryl methyl sites for hydroxylation is 1. The second kappa shape index (κ2) is 6.88. The standard InChI is InChI=1S/C19H32N4O3S/c1-13-15(20-12-23(13)10-6-9-21-27(5,25)26)16(24)22-17-18(2,3)14-7-8-19(17,4)11-14/h12,14,17,21H,6-11H2,1-5H3,(H,22,24)/t14-,17+,19-/m1/s1. The van der Waals surface area contributed by atoms with Crippen LogP contribution in [0.1, 0.15) is 62.6 Å². The fourth-order valence-corrected chi connectivity index (χ4v) is 5.78. The summed E-state index contributed by atoms with van der Waals surface area (Å²) in [6, 6.07) is 0.166. The van der Waals surface area contributed by atoms with Crippen LogP contribution in [-0.2, 0) is 16.6 Å². The van der Waals surface area contributed by atoms with E-state index in [2.05, 4.69) is 35.8 Å². The van der Waals surface area contributed by atoms with Crippen LogP contribution in [0.5, 0.6) is 0 Å². The van der Waals surface area contributed by atoms with Gasteiger partial charge in [-0.05, 0) is 49.4 Å². The number of imidazole rings is 1. The molecule has 0 spiro atoms. The summed E-state index contributed by atoms with van der Waals surface area (Å²) < 4.78 is 26.6. The van der Waals surface area contributed by atoms with Crippen LogP contribution >= 0.6 is 0 Å². The van der Waals surface area contributed by atoms with E-state index in [4.69, 9.17) is 0 Å². The van der Waals surface area contributed by atoms with E-state index < -0.39 is 10.0 Å². The lowest BCUT2D eigenvalue weighted by Crippen LogP contribution is -2.52. The second-order valence-electron chi connectivity index (χ2n) is 9.21. The molecule has 7 nitrogen and oxygen atoms in total. The number of hydrogen-bond donors (Lipinski definition) is 2. The minimum Gasteiger partial charge on any atom is -0.347 e. The minimum absolute atomic E-state index is 0.104. The Labute approximate surface area is 162 Å². The Morgan fingerprint density at radius 2 is 2.07 bits per heavy atom. The van der Waals surface area contributed by atoms with Crippen LogP contribution in [0, 0.1) is 23.7 Å². The van der Waals surface area contributed by atoms with E-state index in [1.54, 1.807) is 6.33 Å². The van der Waals surface area contributed by atoms with Gasteiger partial charge in [-0.25, -0.2) is 18.1 Å². The van der Waals surface area contributed by atoms with E-state index in [9.17, 15) is 13.2 Å². The SMILES string of the molecule is Cc1c(C(=O)N[C@H]2C(C)(C)[C@@H]3CC[C@]2(C)C3)ncn1CCCNS(C)(=O)=O. The first-order valence-corrected chi connectivity index (χ1v) is 11.6. The maximum atomic E-state index is 12.9. The van der Waals surface area contributed by atoms with Crippen molar-refractivity contribution in [2.24, 2.45) is 16.7 Å². The lowest BCUT2D eigenvalue weighted by atomic mass is 9.68. The van der Waals surface area contributed by atoms with Crippen LogP contribution in [0.25, 0.3) is 0 Å². The highest BCUT2D eigenvalue weighted by molar-refractivity contribution is 7.88. The molecule has 0 saturated heterocycles. The molecule has 3 rings (SSSR count). The topological polar surface area (TPSA) is 93.1 Å². The van der Waals surface area contributed by atoms with E-state index in [0.717, 1.165) is 11.9 Å². The van der Waals surface area contributed by atoms with Crippen molar-refractivity contribution in [3.8, 4) is 0 Å². The number of amides is 1. The van der Waals surface area contributed by atoms with Crippen LogP contribution in [0.15, 0.2) is 6.33 Å². The first kappa shape index (κ1) is 20.3. The molecule has 2 N–H and O–H groups in total. The number of fused-ring (bicyclic) bond motifs is 2. The Balaban J connectivity index is 1.64. The maximum absolute atomic E-state index is 12.9. The number of nitrogens with one attached hydrogen (secondary N) is 2. The van der Waals surface area contributed by atoms with Crippen LogP contribution < -0.4 is 10.0 Å². The number of sulfonamides is 1. The Kier molecular flexibility index (Phi) is 5.18. The van der Waals surface area contributed by atoms with Crippen molar-refractivity contribution in [2.75, 3.05) is 12.8 Å². The van der Waals surface area contributed by atoms with Gasteiger partial charge in [0.25, 0.3) is 5.91 Å². The first-order chi connectivity index (χ1) is 12.4. The number of rotatable bonds is 7. The fourth-order valence-electron chi connectivity index (χ4n) is 5.26. The van der Waals surface area contributed by atoms with Gasteiger partial charge >= 0.3 is 0 Å². The number of carbonyl (C=O) groups is 1. The van der Waals surface area contributed by atoms with Gasteiger partial charge in [0.1, 0.15) is 5.69 Å². The second-order valence-corrected chi connectivity index (χ2v) is 11.0. The summed E-state index contributed by atoms with van der Waals surface area (Å²) in [6.45, 7) is 9.71. The lowest BCUT2D eigenvalue weighted by molar-refractivity contribution is 0.0733. The summed E-state index contributed by atoms with van der Waals surface area (Å²) in [7, 11) is -3.17. The van der Waals surface area contributed by atoms with Gasteiger partial charge in [-0.1, -0.05) is 20.8 Å². The molecule has 0 aromatic carbocycles. The zero-order valence-electron chi connectivity index (χ0n) is 17.0. The molecule has 0 unspecified atom stereocenters. The minimum atomic E-state index is -3.17. The van der Waals surface area contributed by atoms with Crippen molar-refractivity contribution < 1.29 is 13.2 Å². The quantitative estimate of drug-likeness (QED) is 0.690. The van der Waals surface area contributed by atoms with Crippen molar-refractivity contribution in [2.45, 2.75) is 66.0 Å². The molecular weight excluding hydrogens is 364 g/mol. The zero-order chi connectivity index (χ0) is 20.0. The van der Waals surface area contributed by atoms with E-state index in [0.29, 0.717) is 31.1 Å². The molecule has 0 radical (unpaired) electrons. The van der Waals surface area contributed by atoms with Gasteiger partial charge in [-0.2, -0.15) is 0 Å². The molecule has 2 aliphatic rings. The molecule has 27 heavy (non-hydrogen) atoms. The van der Waals surface area contributed by atoms with Crippen molar-refractivity contribution in [1.82, 2.24) is 19.6 Å². The first-order valence-electron chi connectivity index (χ1n) is 9.71. The van der Waals surface area contributed by atoms with Gasteiger partial charge in [0, 0.05) is 24.8 Å². The molecule has 1 amide bonds. The van der Waals surface area contributed by atoms with Gasteiger partial charge in [-0.15, -0.1) is 0 Å². The summed E-state index contributed by atoms with van der Waals surface area (Å²) >= 11 is 0. The van der Waals surface area contributed by atoms with E-state index in [1.165, 1.54) is 19.3 Å². The van der Waals surface area contributed by atoms with E-state index in [-0.39, 0.29) is 22.8 Å². The molecule has 1 heterocycles. The summed E-state index contributed by atoms with van der Waals surface area (Å²) in [5, 5.41) is 3.29. The van der Waals surface area contributed by atoms with Gasteiger partial charge in [-0.3, -0.25) is 4.79 Å². The molecule has 2 bridgehead atoms. The third kappa shape index (κ3) is 3.92. The molecule has 2 aliphatic carbocycles. The molecule has 8 heteroatoms. The average Bonchev–Trinajstić information content (AvgIpc) is 3.16. The van der Waals surface area contributed by atoms with Gasteiger partial charge in [0.2, 0.25) is 10.0 Å². The lowest BCUT2D eigenvalue weighted by Gasteiger charge is -2.43. The number of hydrogen-bond acceptors (Lipinski definition) is 4. The van der Waals surface area contributed by atoms with E-state index >= 15 is 0 Å². The molecule has 152 valence electrons. The molecule has 1 aromatic rings. The van der Waals surface area contributed by atoms with Crippen LogP contribution in [0.3, 0.4) is 0 Å². The third-order valence-electron chi connectivity index (χ3n) is 6.80. The van der Waals surface area contributed by atoms with Crippen molar-refractivity contribution in [1.29, 1.82) is 0 Å². The largest absolute Gasteiger partial charge is 0.347 e. The van der Waals surface area contributed by atoms with Crippen LogP contribution in [0.4, 0.5) is 0 Å². The Morgan fingerprint density at radius 3 is 2.67 bits per heavy atom. The smallest absolute Gasteiger partial charge is 0.272 e. The van der Waals surface area contributed by atoms with Crippen molar-refractivity contribution in [3.05, 3.63) is 17.7 Å². The van der Waals surface area contributed by atoms with Crippen LogP contribution in [0.2, 0.25) is 0 Å². The maximum Gasteiger partial charge on any atom is 0.272 e. The number of carbonyl (C=O) groups excluding carboxylic acids is 1. The highest BCUT2D eigenvalue weighted by Gasteiger charge is 2.59. The van der Waals surface area contributed by atoms with E-state index in [1.807, 2.05) is 11.5 Å². The van der Waals surface area contributed by atoms with Crippen molar-refractivity contribution >= 4 is 15.9 Å². The van der Waals surface area contributed by atoms with Crippen LogP contribution in [-0.4, -0.2) is 42.7 Å². The highest BCUT2D eigenvalue weighted by atomic mass is 32.2.